The van der Waals surface area contributed by atoms with Gasteiger partial charge in [-0.3, -0.25) is 4.79 Å². The molecule has 8 heteroatoms. The largest absolute Gasteiger partial charge is 0.573 e. The minimum absolute atomic E-state index is 0.209. The highest BCUT2D eigenvalue weighted by atomic mass is 19.4. The summed E-state index contributed by atoms with van der Waals surface area (Å²) in [4.78, 5) is 22.8. The molecule has 0 aliphatic heterocycles. The van der Waals surface area contributed by atoms with E-state index in [0.717, 1.165) is 12.1 Å². The fourth-order valence-corrected chi connectivity index (χ4v) is 2.53. The van der Waals surface area contributed by atoms with E-state index in [0.29, 0.717) is 22.4 Å². The van der Waals surface area contributed by atoms with Crippen molar-refractivity contribution in [3.8, 4) is 11.5 Å². The molecule has 148 valence electrons. The first kappa shape index (κ1) is 21.0. The number of ketones is 1. The number of carbonyl (C=O) groups excluding carboxylic acids is 1. The van der Waals surface area contributed by atoms with Gasteiger partial charge in [0, 0.05) is 5.56 Å². The lowest BCUT2D eigenvalue weighted by atomic mass is 10.0. The molecule has 0 heterocycles. The summed E-state index contributed by atoms with van der Waals surface area (Å²) in [5, 5.41) is 8.70. The number of rotatable bonds is 7. The number of hydrogen-bond acceptors (Lipinski definition) is 4. The highest BCUT2D eigenvalue weighted by molar-refractivity contribution is 6.06. The van der Waals surface area contributed by atoms with Crippen molar-refractivity contribution in [2.45, 2.75) is 20.2 Å². The van der Waals surface area contributed by atoms with E-state index in [1.165, 1.54) is 18.2 Å². The number of alkyl halides is 3. The Kier molecular flexibility index (Phi) is 6.45. The number of benzene rings is 2. The molecule has 2 aromatic rings. The Morgan fingerprint density at radius 1 is 1.07 bits per heavy atom. The highest BCUT2D eigenvalue weighted by Crippen LogP contribution is 2.26. The van der Waals surface area contributed by atoms with Gasteiger partial charge in [0.2, 0.25) is 0 Å². The topological polar surface area (TPSA) is 72.8 Å². The van der Waals surface area contributed by atoms with Crippen molar-refractivity contribution in [3.05, 3.63) is 64.7 Å². The van der Waals surface area contributed by atoms with E-state index in [-0.39, 0.29) is 11.3 Å². The van der Waals surface area contributed by atoms with Crippen LogP contribution in [0.25, 0.3) is 6.08 Å². The minimum atomic E-state index is -4.79. The molecule has 28 heavy (non-hydrogen) atoms. The minimum Gasteiger partial charge on any atom is -0.481 e. The van der Waals surface area contributed by atoms with Gasteiger partial charge in [-0.1, -0.05) is 6.08 Å². The van der Waals surface area contributed by atoms with Gasteiger partial charge in [0.25, 0.3) is 0 Å². The third-order valence-electron chi connectivity index (χ3n) is 3.62. The predicted molar refractivity (Wildman–Crippen MR) is 95.5 cm³/mol. The van der Waals surface area contributed by atoms with Crippen LogP contribution in [0.15, 0.2) is 42.5 Å². The zero-order valence-electron chi connectivity index (χ0n) is 15.0. The summed E-state index contributed by atoms with van der Waals surface area (Å²) < 4.78 is 45.5. The smallest absolute Gasteiger partial charge is 0.481 e. The number of carboxylic acids is 1. The van der Waals surface area contributed by atoms with Crippen LogP contribution in [0, 0.1) is 13.8 Å². The molecule has 0 fully saturated rings. The molecule has 0 spiro atoms. The molecule has 5 nitrogen and oxygen atoms in total. The zero-order chi connectivity index (χ0) is 20.9. The predicted octanol–water partition coefficient (Wildman–Crippen LogP) is 4.56. The Labute approximate surface area is 159 Å². The molecule has 0 saturated heterocycles. The lowest BCUT2D eigenvalue weighted by molar-refractivity contribution is -0.274. The van der Waals surface area contributed by atoms with Crippen molar-refractivity contribution in [2.24, 2.45) is 0 Å². The molecule has 0 aliphatic rings. The SMILES string of the molecule is Cc1cc(C=CC(=O)c2ccc(OC(F)(F)F)cc2)cc(C)c1OCC(=O)O. The van der Waals surface area contributed by atoms with Crippen molar-refractivity contribution >= 4 is 17.8 Å². The van der Waals surface area contributed by atoms with Crippen LogP contribution in [0.3, 0.4) is 0 Å². The Morgan fingerprint density at radius 2 is 1.64 bits per heavy atom. The Hall–Kier alpha value is -3.29. The lowest BCUT2D eigenvalue weighted by Crippen LogP contribution is -2.17. The second-order valence-corrected chi connectivity index (χ2v) is 5.94. The number of ether oxygens (including phenoxy) is 2. The van der Waals surface area contributed by atoms with Gasteiger partial charge in [0.05, 0.1) is 0 Å². The van der Waals surface area contributed by atoms with Crippen LogP contribution in [0.1, 0.15) is 27.0 Å². The molecule has 0 radical (unpaired) electrons. The van der Waals surface area contributed by atoms with Crippen molar-refractivity contribution in [2.75, 3.05) is 6.61 Å². The average Bonchev–Trinajstić information content (AvgIpc) is 2.58. The zero-order valence-corrected chi connectivity index (χ0v) is 15.0. The first-order valence-electron chi connectivity index (χ1n) is 8.09. The lowest BCUT2D eigenvalue weighted by Gasteiger charge is -2.11. The van der Waals surface area contributed by atoms with Crippen LogP contribution in [-0.4, -0.2) is 29.8 Å². The van der Waals surface area contributed by atoms with Gasteiger partial charge in [0.1, 0.15) is 11.5 Å². The van der Waals surface area contributed by atoms with E-state index >= 15 is 0 Å². The van der Waals surface area contributed by atoms with Crippen LogP contribution >= 0.6 is 0 Å². The van der Waals surface area contributed by atoms with E-state index in [1.807, 2.05) is 0 Å². The molecular formula is C20H17F3O5. The van der Waals surface area contributed by atoms with Crippen molar-refractivity contribution in [1.29, 1.82) is 0 Å². The van der Waals surface area contributed by atoms with Gasteiger partial charge in [0.15, 0.2) is 12.4 Å². The second-order valence-electron chi connectivity index (χ2n) is 5.94. The van der Waals surface area contributed by atoms with Crippen LogP contribution < -0.4 is 9.47 Å². The molecule has 0 saturated carbocycles. The van der Waals surface area contributed by atoms with E-state index in [4.69, 9.17) is 9.84 Å². The summed E-state index contributed by atoms with van der Waals surface area (Å²) in [5.74, 6) is -1.41. The highest BCUT2D eigenvalue weighted by Gasteiger charge is 2.31. The van der Waals surface area contributed by atoms with Gasteiger partial charge in [-0.2, -0.15) is 0 Å². The average molecular weight is 394 g/mol. The summed E-state index contributed by atoms with van der Waals surface area (Å²) in [5.41, 5.74) is 2.33. The first-order chi connectivity index (χ1) is 13.0. The van der Waals surface area contributed by atoms with E-state index in [1.54, 1.807) is 32.1 Å². The number of aliphatic carboxylic acids is 1. The molecule has 0 unspecified atom stereocenters. The summed E-state index contributed by atoms with van der Waals surface area (Å²) in [6, 6.07) is 8.08. The van der Waals surface area contributed by atoms with E-state index in [9.17, 15) is 22.8 Å². The van der Waals surface area contributed by atoms with Crippen LogP contribution in [0.4, 0.5) is 13.2 Å². The van der Waals surface area contributed by atoms with Crippen LogP contribution in [-0.2, 0) is 4.79 Å². The van der Waals surface area contributed by atoms with Gasteiger partial charge in [-0.15, -0.1) is 13.2 Å². The summed E-state index contributed by atoms with van der Waals surface area (Å²) in [7, 11) is 0. The Bertz CT molecular complexity index is 876. The summed E-state index contributed by atoms with van der Waals surface area (Å²) in [6.07, 6.45) is -1.93. The maximum atomic E-state index is 12.2. The number of allylic oxidation sites excluding steroid dienone is 1. The Morgan fingerprint density at radius 3 is 2.14 bits per heavy atom. The monoisotopic (exact) mass is 394 g/mol. The number of aryl methyl sites for hydroxylation is 2. The molecule has 0 amide bonds. The number of carbonyl (C=O) groups is 2. The number of hydrogen-bond donors (Lipinski definition) is 1. The third kappa shape index (κ3) is 6.15. The maximum Gasteiger partial charge on any atom is 0.573 e. The van der Waals surface area contributed by atoms with Gasteiger partial charge < -0.3 is 14.6 Å². The molecule has 2 rings (SSSR count). The molecule has 0 aliphatic carbocycles. The van der Waals surface area contributed by atoms with Crippen molar-refractivity contribution in [1.82, 2.24) is 0 Å². The quantitative estimate of drug-likeness (QED) is 0.551. The van der Waals surface area contributed by atoms with E-state index in [2.05, 4.69) is 4.74 Å². The van der Waals surface area contributed by atoms with Crippen molar-refractivity contribution < 1.29 is 37.3 Å². The normalized spacial score (nSPS) is 11.5. The fraction of sp³-hybridized carbons (Fsp3) is 0.200. The summed E-state index contributed by atoms with van der Waals surface area (Å²) in [6.45, 7) is 3.05. The molecular weight excluding hydrogens is 377 g/mol. The first-order valence-corrected chi connectivity index (χ1v) is 8.09. The molecule has 1 N–H and O–H groups in total. The van der Waals surface area contributed by atoms with Crippen LogP contribution in [0.5, 0.6) is 11.5 Å². The van der Waals surface area contributed by atoms with Crippen LogP contribution in [0.2, 0.25) is 0 Å². The number of carboxylic acid groups (broad SMARTS) is 1. The standard InChI is InChI=1S/C20H17F3O5/c1-12-9-14(10-13(2)19(12)27-11-18(25)26)3-8-17(24)15-4-6-16(7-5-15)28-20(21,22)23/h3-10H,11H2,1-2H3,(H,25,26). The van der Waals surface area contributed by atoms with Gasteiger partial charge in [-0.25, -0.2) is 4.79 Å². The van der Waals surface area contributed by atoms with Gasteiger partial charge in [-0.05, 0) is 73.0 Å². The second kappa shape index (κ2) is 8.60. The summed E-state index contributed by atoms with van der Waals surface area (Å²) >= 11 is 0. The molecule has 0 aromatic heterocycles. The van der Waals surface area contributed by atoms with E-state index < -0.39 is 24.7 Å². The van der Waals surface area contributed by atoms with Gasteiger partial charge >= 0.3 is 12.3 Å². The molecule has 0 bridgehead atoms. The Balaban J connectivity index is 2.10. The molecule has 2 aromatic carbocycles. The third-order valence-corrected chi connectivity index (χ3v) is 3.62. The molecule has 0 atom stereocenters. The maximum absolute atomic E-state index is 12.2. The fourth-order valence-electron chi connectivity index (χ4n) is 2.53. The van der Waals surface area contributed by atoms with Crippen molar-refractivity contribution in [3.63, 3.8) is 0 Å². The number of halogens is 3.